The number of thioether (sulfide) groups is 1. The molecule has 2 aliphatic heterocycles. The molecule has 0 bridgehead atoms. The van der Waals surface area contributed by atoms with Gasteiger partial charge in [0, 0.05) is 18.1 Å². The zero-order valence-electron chi connectivity index (χ0n) is 20.6. The van der Waals surface area contributed by atoms with Gasteiger partial charge in [-0.15, -0.1) is 0 Å². The van der Waals surface area contributed by atoms with Gasteiger partial charge in [0.1, 0.15) is 0 Å². The minimum Gasteiger partial charge on any atom is -0.456 e. The number of hydrogen-bond donors (Lipinski definition) is 0. The number of esters is 3. The van der Waals surface area contributed by atoms with Crippen LogP contribution < -0.4 is 0 Å². The van der Waals surface area contributed by atoms with E-state index in [2.05, 4.69) is 0 Å². The first kappa shape index (κ1) is 26.5. The summed E-state index contributed by atoms with van der Waals surface area (Å²) in [6.07, 6.45) is -3.56. The topological polar surface area (TPSA) is 99.2 Å². The second-order valence-electron chi connectivity index (χ2n) is 11.5. The van der Waals surface area contributed by atoms with Gasteiger partial charge in [0.2, 0.25) is 6.10 Å². The summed E-state index contributed by atoms with van der Waals surface area (Å²) >= 11 is 1.63. The van der Waals surface area contributed by atoms with Gasteiger partial charge in [-0.1, -0.05) is 0 Å². The van der Waals surface area contributed by atoms with Crippen LogP contribution in [0.3, 0.4) is 0 Å². The SMILES string of the molecule is CC(C)(C)C(=O)O[C@H]1[C@H](OC(=O)C(C)(C)C)[C@H]2CSCCN2C(=O)[C@H]1OC(=O)C(C)(C)C. The molecule has 2 saturated heterocycles. The normalized spacial score (nSPS) is 26.8. The predicted molar refractivity (Wildman–Crippen MR) is 121 cm³/mol. The lowest BCUT2D eigenvalue weighted by atomic mass is 9.90. The number of hydrogen-bond acceptors (Lipinski definition) is 8. The second kappa shape index (κ2) is 9.23. The summed E-state index contributed by atoms with van der Waals surface area (Å²) in [6.45, 7) is 15.7. The monoisotopic (exact) mass is 471 g/mol. The highest BCUT2D eigenvalue weighted by atomic mass is 32.2. The minimum atomic E-state index is -1.38. The lowest BCUT2D eigenvalue weighted by Crippen LogP contribution is -2.69. The summed E-state index contributed by atoms with van der Waals surface area (Å²) < 4.78 is 17.3. The molecule has 0 spiro atoms. The molecule has 1 amide bonds. The van der Waals surface area contributed by atoms with Crippen molar-refractivity contribution in [2.75, 3.05) is 18.1 Å². The average molecular weight is 472 g/mol. The Balaban J connectivity index is 2.52. The van der Waals surface area contributed by atoms with E-state index in [1.165, 1.54) is 0 Å². The quantitative estimate of drug-likeness (QED) is 0.458. The Morgan fingerprint density at radius 1 is 0.781 bits per heavy atom. The maximum absolute atomic E-state index is 13.4. The van der Waals surface area contributed by atoms with E-state index in [0.29, 0.717) is 18.1 Å². The van der Waals surface area contributed by atoms with Crippen molar-refractivity contribution >= 4 is 35.6 Å². The molecule has 2 rings (SSSR count). The van der Waals surface area contributed by atoms with Crippen LogP contribution in [0.5, 0.6) is 0 Å². The van der Waals surface area contributed by atoms with Crippen molar-refractivity contribution in [3.05, 3.63) is 0 Å². The second-order valence-corrected chi connectivity index (χ2v) is 12.6. The van der Waals surface area contributed by atoms with Crippen LogP contribution in [0.4, 0.5) is 0 Å². The van der Waals surface area contributed by atoms with E-state index >= 15 is 0 Å². The van der Waals surface area contributed by atoms with Gasteiger partial charge in [0.15, 0.2) is 12.2 Å². The molecule has 0 aromatic heterocycles. The molecule has 0 unspecified atom stereocenters. The van der Waals surface area contributed by atoms with Crippen molar-refractivity contribution in [1.82, 2.24) is 4.90 Å². The Hall–Kier alpha value is -1.77. The van der Waals surface area contributed by atoms with Crippen LogP contribution in [0.1, 0.15) is 62.3 Å². The fourth-order valence-electron chi connectivity index (χ4n) is 3.15. The largest absolute Gasteiger partial charge is 0.456 e. The van der Waals surface area contributed by atoms with Crippen LogP contribution in [-0.2, 0) is 33.4 Å². The highest BCUT2D eigenvalue weighted by molar-refractivity contribution is 7.99. The van der Waals surface area contributed by atoms with Gasteiger partial charge in [-0.2, -0.15) is 11.8 Å². The Kier molecular flexibility index (Phi) is 7.64. The molecule has 0 N–H and O–H groups in total. The smallest absolute Gasteiger partial charge is 0.312 e. The highest BCUT2D eigenvalue weighted by Gasteiger charge is 2.56. The molecule has 0 saturated carbocycles. The van der Waals surface area contributed by atoms with Gasteiger partial charge >= 0.3 is 17.9 Å². The molecular formula is C23H37NO7S. The molecule has 2 fully saturated rings. The van der Waals surface area contributed by atoms with Crippen LogP contribution in [0.2, 0.25) is 0 Å². The van der Waals surface area contributed by atoms with E-state index in [4.69, 9.17) is 14.2 Å². The first-order valence-corrected chi connectivity index (χ1v) is 12.1. The van der Waals surface area contributed by atoms with Crippen molar-refractivity contribution in [2.24, 2.45) is 16.2 Å². The number of ether oxygens (including phenoxy) is 3. The van der Waals surface area contributed by atoms with Crippen LogP contribution in [-0.4, -0.2) is 71.1 Å². The minimum absolute atomic E-state index is 0.428. The van der Waals surface area contributed by atoms with Crippen molar-refractivity contribution in [2.45, 2.75) is 86.7 Å². The lowest BCUT2D eigenvalue weighted by Gasteiger charge is -2.49. The molecular weight excluding hydrogens is 434 g/mol. The molecule has 0 radical (unpaired) electrons. The van der Waals surface area contributed by atoms with E-state index in [1.54, 1.807) is 79.0 Å². The zero-order valence-corrected chi connectivity index (χ0v) is 21.5. The van der Waals surface area contributed by atoms with E-state index in [1.807, 2.05) is 0 Å². The van der Waals surface area contributed by atoms with Gasteiger partial charge in [-0.3, -0.25) is 19.2 Å². The van der Waals surface area contributed by atoms with Gasteiger partial charge < -0.3 is 19.1 Å². The number of carbonyl (C=O) groups is 4. The summed E-state index contributed by atoms with van der Waals surface area (Å²) in [5.74, 6) is -0.835. The summed E-state index contributed by atoms with van der Waals surface area (Å²) in [5.41, 5.74) is -2.53. The number of carbonyl (C=O) groups excluding carboxylic acids is 4. The lowest BCUT2D eigenvalue weighted by molar-refractivity contribution is -0.215. The van der Waals surface area contributed by atoms with E-state index in [9.17, 15) is 19.2 Å². The maximum Gasteiger partial charge on any atom is 0.312 e. The Labute approximate surface area is 195 Å². The first-order chi connectivity index (χ1) is 14.4. The molecule has 182 valence electrons. The Bertz CT molecular complexity index is 760. The van der Waals surface area contributed by atoms with Crippen LogP contribution in [0.25, 0.3) is 0 Å². The van der Waals surface area contributed by atoms with Gasteiger partial charge in [0.25, 0.3) is 5.91 Å². The zero-order chi connectivity index (χ0) is 24.6. The summed E-state index contributed by atoms with van der Waals surface area (Å²) in [7, 11) is 0. The maximum atomic E-state index is 13.4. The van der Waals surface area contributed by atoms with Crippen molar-refractivity contribution in [3.8, 4) is 0 Å². The molecule has 0 aromatic carbocycles. The number of nitrogens with zero attached hydrogens (tertiary/aromatic N) is 1. The van der Waals surface area contributed by atoms with Crippen LogP contribution in [0, 0.1) is 16.2 Å². The molecule has 9 heteroatoms. The Morgan fingerprint density at radius 3 is 1.69 bits per heavy atom. The van der Waals surface area contributed by atoms with Crippen molar-refractivity contribution < 1.29 is 33.4 Å². The predicted octanol–water partition coefficient (Wildman–Crippen LogP) is 2.82. The van der Waals surface area contributed by atoms with Crippen LogP contribution in [0.15, 0.2) is 0 Å². The van der Waals surface area contributed by atoms with Crippen molar-refractivity contribution in [1.29, 1.82) is 0 Å². The van der Waals surface area contributed by atoms with Gasteiger partial charge in [-0.05, 0) is 62.3 Å². The van der Waals surface area contributed by atoms with Crippen molar-refractivity contribution in [3.63, 3.8) is 0 Å². The highest BCUT2D eigenvalue weighted by Crippen LogP contribution is 2.35. The number of amides is 1. The third-order valence-corrected chi connectivity index (χ3v) is 6.30. The Morgan fingerprint density at radius 2 is 1.22 bits per heavy atom. The molecule has 8 nitrogen and oxygen atoms in total. The average Bonchev–Trinajstić information content (AvgIpc) is 2.64. The molecule has 32 heavy (non-hydrogen) atoms. The molecule has 2 heterocycles. The summed E-state index contributed by atoms with van der Waals surface area (Å²) in [4.78, 5) is 53.4. The third-order valence-electron chi connectivity index (χ3n) is 5.25. The van der Waals surface area contributed by atoms with Gasteiger partial charge in [0.05, 0.1) is 22.3 Å². The third kappa shape index (κ3) is 5.97. The molecule has 0 aliphatic carbocycles. The summed E-state index contributed by atoms with van der Waals surface area (Å²) in [6, 6.07) is -0.477. The van der Waals surface area contributed by atoms with Crippen LogP contribution >= 0.6 is 11.8 Å². The fourth-order valence-corrected chi connectivity index (χ4v) is 4.25. The molecule has 2 aliphatic rings. The molecule has 4 atom stereocenters. The van der Waals surface area contributed by atoms with Gasteiger partial charge in [-0.25, -0.2) is 0 Å². The standard InChI is InChI=1S/C23H37NO7S/c1-21(2,3)18(26)29-14-13-12-32-11-10-24(13)17(25)16(31-20(28)23(7,8)9)15(14)30-19(27)22(4,5)6/h13-16H,10-12H2,1-9H3/t13-,14-,15+,16+/m1/s1. The molecule has 0 aromatic rings. The number of rotatable bonds is 3. The number of fused-ring (bicyclic) bond motifs is 1. The van der Waals surface area contributed by atoms with E-state index in [0.717, 1.165) is 0 Å². The van der Waals surface area contributed by atoms with E-state index in [-0.39, 0.29) is 0 Å². The first-order valence-electron chi connectivity index (χ1n) is 11.0. The fraction of sp³-hybridized carbons (Fsp3) is 0.826. The summed E-state index contributed by atoms with van der Waals surface area (Å²) in [5, 5.41) is 0. The number of piperidine rings is 1. The van der Waals surface area contributed by atoms with E-state index < -0.39 is 64.4 Å².